The van der Waals surface area contributed by atoms with Gasteiger partial charge in [0, 0.05) is 17.0 Å². The van der Waals surface area contributed by atoms with Gasteiger partial charge < -0.3 is 14.7 Å². The summed E-state index contributed by atoms with van der Waals surface area (Å²) < 4.78 is 5.22. The number of carbonyl (C=O) groups excluding carboxylic acids is 1. The fourth-order valence-electron chi connectivity index (χ4n) is 3.57. The van der Waals surface area contributed by atoms with Crippen molar-refractivity contribution in [3.63, 3.8) is 0 Å². The number of aromatic hydroxyl groups is 1. The number of halogens is 2. The summed E-state index contributed by atoms with van der Waals surface area (Å²) in [6, 6.07) is 18.8. The lowest BCUT2D eigenvalue weighted by molar-refractivity contribution is -0.119. The quantitative estimate of drug-likeness (QED) is 0.576. The molecule has 158 valence electrons. The van der Waals surface area contributed by atoms with Crippen LogP contribution < -0.4 is 9.64 Å². The van der Waals surface area contributed by atoms with Crippen molar-refractivity contribution in [2.45, 2.75) is 19.0 Å². The molecule has 1 N–H and O–H groups in total. The van der Waals surface area contributed by atoms with Crippen LogP contribution in [0.25, 0.3) is 0 Å². The van der Waals surface area contributed by atoms with E-state index in [2.05, 4.69) is 4.99 Å². The number of methoxy groups -OCH3 is 1. The zero-order valence-electron chi connectivity index (χ0n) is 16.8. The second-order valence-electron chi connectivity index (χ2n) is 7.20. The van der Waals surface area contributed by atoms with E-state index in [9.17, 15) is 9.90 Å². The highest BCUT2D eigenvalue weighted by atomic mass is 35.5. The van der Waals surface area contributed by atoms with Gasteiger partial charge in [-0.05, 0) is 47.5 Å². The maximum Gasteiger partial charge on any atom is 0.252 e. The molecular formula is C24H20Cl2N2O3. The molecule has 0 aromatic heterocycles. The Balaban J connectivity index is 1.74. The van der Waals surface area contributed by atoms with Gasteiger partial charge in [0.1, 0.15) is 22.7 Å². The van der Waals surface area contributed by atoms with Crippen LogP contribution in [0, 0.1) is 0 Å². The Hall–Kier alpha value is -3.02. The third kappa shape index (κ3) is 4.53. The number of para-hydroxylation sites is 1. The number of aliphatic imine (C=N–C) groups is 1. The van der Waals surface area contributed by atoms with Gasteiger partial charge in [-0.2, -0.15) is 0 Å². The van der Waals surface area contributed by atoms with Gasteiger partial charge in [-0.15, -0.1) is 0 Å². The van der Waals surface area contributed by atoms with Gasteiger partial charge in [0.25, 0.3) is 5.91 Å². The Labute approximate surface area is 190 Å². The summed E-state index contributed by atoms with van der Waals surface area (Å²) in [6.07, 6.45) is 0.225. The molecule has 0 fully saturated rings. The number of carbonyl (C=O) groups is 1. The number of anilines is 1. The number of benzodiazepines with no additional fused rings is 1. The molecule has 5 nitrogen and oxygen atoms in total. The lowest BCUT2D eigenvalue weighted by Gasteiger charge is -2.25. The van der Waals surface area contributed by atoms with Crippen molar-refractivity contribution in [1.29, 1.82) is 0 Å². The van der Waals surface area contributed by atoms with Crippen LogP contribution in [0.4, 0.5) is 5.69 Å². The number of phenolic OH excluding ortho intramolecular Hbond substituents is 1. The minimum absolute atomic E-state index is 0.119. The van der Waals surface area contributed by atoms with Crippen molar-refractivity contribution >= 4 is 40.0 Å². The van der Waals surface area contributed by atoms with Crippen LogP contribution in [-0.4, -0.2) is 29.3 Å². The molecule has 3 aromatic carbocycles. The highest BCUT2D eigenvalue weighted by molar-refractivity contribution is 6.70. The Morgan fingerprint density at radius 2 is 1.81 bits per heavy atom. The highest BCUT2D eigenvalue weighted by Crippen LogP contribution is 2.32. The van der Waals surface area contributed by atoms with Gasteiger partial charge in [-0.3, -0.25) is 9.79 Å². The molecule has 1 atom stereocenters. The molecule has 0 spiro atoms. The number of nitrogens with zero attached hydrogens (tertiary/aromatic N) is 2. The highest BCUT2D eigenvalue weighted by Gasteiger charge is 2.32. The van der Waals surface area contributed by atoms with E-state index in [0.29, 0.717) is 28.4 Å². The first-order valence-corrected chi connectivity index (χ1v) is 10.5. The summed E-state index contributed by atoms with van der Waals surface area (Å²) in [4.78, 5) is 19.8. The molecule has 1 aliphatic heterocycles. The van der Waals surface area contributed by atoms with Crippen LogP contribution in [0.1, 0.15) is 16.7 Å². The topological polar surface area (TPSA) is 62.1 Å². The lowest BCUT2D eigenvalue weighted by Crippen LogP contribution is -2.38. The third-order valence-electron chi connectivity index (χ3n) is 5.20. The number of hydrogen-bond donors (Lipinski definition) is 1. The molecule has 0 bridgehead atoms. The van der Waals surface area contributed by atoms with Crippen molar-refractivity contribution in [2.75, 3.05) is 12.0 Å². The summed E-state index contributed by atoms with van der Waals surface area (Å²) in [5, 5.41) is 10.9. The van der Waals surface area contributed by atoms with Crippen LogP contribution in [0.2, 0.25) is 5.02 Å². The molecule has 0 saturated heterocycles. The SMILES string of the molecule is COc1ccc(CN2C(=O)C(Cc3ccccc3O)N=C(Cl)c3cc(Cl)ccc32)cc1. The number of hydrogen-bond acceptors (Lipinski definition) is 4. The minimum atomic E-state index is -0.787. The first-order chi connectivity index (χ1) is 15.0. The number of amides is 1. The second kappa shape index (κ2) is 9.00. The average Bonchev–Trinajstić information content (AvgIpc) is 2.86. The maximum atomic E-state index is 13.6. The first-order valence-electron chi connectivity index (χ1n) is 9.70. The Kier molecular flexibility index (Phi) is 6.16. The second-order valence-corrected chi connectivity index (χ2v) is 8.00. The molecule has 31 heavy (non-hydrogen) atoms. The van der Waals surface area contributed by atoms with Crippen molar-refractivity contribution in [3.05, 3.63) is 88.4 Å². The van der Waals surface area contributed by atoms with E-state index < -0.39 is 6.04 Å². The van der Waals surface area contributed by atoms with Crippen molar-refractivity contribution < 1.29 is 14.6 Å². The van der Waals surface area contributed by atoms with Crippen molar-refractivity contribution in [1.82, 2.24) is 0 Å². The fraction of sp³-hybridized carbons (Fsp3) is 0.167. The van der Waals surface area contributed by atoms with E-state index in [4.69, 9.17) is 27.9 Å². The average molecular weight is 455 g/mol. The summed E-state index contributed by atoms with van der Waals surface area (Å²) in [6.45, 7) is 0.328. The molecule has 4 rings (SSSR count). The van der Waals surface area contributed by atoms with E-state index >= 15 is 0 Å². The van der Waals surface area contributed by atoms with Crippen LogP contribution >= 0.6 is 23.2 Å². The Bertz CT molecular complexity index is 1150. The molecule has 1 unspecified atom stereocenters. The molecule has 3 aromatic rings. The van der Waals surface area contributed by atoms with Gasteiger partial charge in [-0.1, -0.05) is 53.5 Å². The Morgan fingerprint density at radius 1 is 1.06 bits per heavy atom. The smallest absolute Gasteiger partial charge is 0.252 e. The van der Waals surface area contributed by atoms with E-state index in [1.54, 1.807) is 48.4 Å². The lowest BCUT2D eigenvalue weighted by atomic mass is 10.0. The van der Waals surface area contributed by atoms with Gasteiger partial charge in [0.15, 0.2) is 0 Å². The maximum absolute atomic E-state index is 13.6. The van der Waals surface area contributed by atoms with E-state index in [0.717, 1.165) is 11.3 Å². The largest absolute Gasteiger partial charge is 0.508 e. The number of phenols is 1. The zero-order valence-corrected chi connectivity index (χ0v) is 18.3. The summed E-state index contributed by atoms with van der Waals surface area (Å²) >= 11 is 12.7. The van der Waals surface area contributed by atoms with Gasteiger partial charge in [0.05, 0.1) is 19.3 Å². The predicted octanol–water partition coefficient (Wildman–Crippen LogP) is 5.20. The monoisotopic (exact) mass is 454 g/mol. The van der Waals surface area contributed by atoms with Crippen LogP contribution in [0.15, 0.2) is 71.7 Å². The molecule has 1 amide bonds. The van der Waals surface area contributed by atoms with Crippen molar-refractivity contribution in [3.8, 4) is 11.5 Å². The number of fused-ring (bicyclic) bond motifs is 1. The molecule has 0 radical (unpaired) electrons. The number of rotatable bonds is 5. The van der Waals surface area contributed by atoms with Crippen molar-refractivity contribution in [2.24, 2.45) is 4.99 Å². The number of benzene rings is 3. The zero-order chi connectivity index (χ0) is 22.0. The molecule has 7 heteroatoms. The van der Waals surface area contributed by atoms with Crippen LogP contribution in [0.3, 0.4) is 0 Å². The number of ether oxygens (including phenoxy) is 1. The minimum Gasteiger partial charge on any atom is -0.508 e. The normalized spacial score (nSPS) is 15.8. The molecule has 1 aliphatic rings. The third-order valence-corrected chi connectivity index (χ3v) is 5.73. The van der Waals surface area contributed by atoms with E-state index in [1.807, 2.05) is 30.3 Å². The van der Waals surface area contributed by atoms with E-state index in [1.165, 1.54) is 0 Å². The molecule has 1 heterocycles. The van der Waals surface area contributed by atoms with Gasteiger partial charge >= 0.3 is 0 Å². The summed E-state index contributed by atoms with van der Waals surface area (Å²) in [5.41, 5.74) is 2.78. The predicted molar refractivity (Wildman–Crippen MR) is 124 cm³/mol. The van der Waals surface area contributed by atoms with Gasteiger partial charge in [0.2, 0.25) is 0 Å². The Morgan fingerprint density at radius 3 is 2.52 bits per heavy atom. The molecule has 0 saturated carbocycles. The standard InChI is InChI=1S/C24H20Cl2N2O3/c1-31-18-9-6-15(7-10-18)14-28-21-11-8-17(25)13-19(21)23(26)27-20(24(28)30)12-16-4-2-3-5-22(16)29/h2-11,13,20,29H,12,14H2,1H3. The fourth-order valence-corrected chi connectivity index (χ4v) is 4.01. The van der Waals surface area contributed by atoms with Gasteiger partial charge in [-0.25, -0.2) is 0 Å². The summed E-state index contributed by atoms with van der Waals surface area (Å²) in [5.74, 6) is 0.647. The van der Waals surface area contributed by atoms with E-state index in [-0.39, 0.29) is 23.2 Å². The first kappa shape index (κ1) is 21.2. The summed E-state index contributed by atoms with van der Waals surface area (Å²) in [7, 11) is 1.61. The van der Waals surface area contributed by atoms with Crippen LogP contribution in [-0.2, 0) is 17.8 Å². The molecular weight excluding hydrogens is 435 g/mol. The van der Waals surface area contributed by atoms with Crippen LogP contribution in [0.5, 0.6) is 11.5 Å². The molecule has 0 aliphatic carbocycles.